The number of halogens is 6. The number of hydrogen-bond acceptors (Lipinski definition) is 15. The minimum atomic E-state index is -3.08. The van der Waals surface area contributed by atoms with E-state index in [9.17, 15) is 22.8 Å². The molecule has 33 heteroatoms. The van der Waals surface area contributed by atoms with E-state index in [1.165, 1.54) is 43.4 Å². The summed E-state index contributed by atoms with van der Waals surface area (Å²) in [6.07, 6.45) is 5.13. The average Bonchev–Trinajstić information content (AvgIpc) is 1.64. The maximum absolute atomic E-state index is 13.4. The van der Waals surface area contributed by atoms with Crippen LogP contribution in [0.1, 0.15) is 97.1 Å². The van der Waals surface area contributed by atoms with Crippen LogP contribution in [0.3, 0.4) is 0 Å². The van der Waals surface area contributed by atoms with Gasteiger partial charge in [0.25, 0.3) is 17.7 Å². The lowest BCUT2D eigenvalue weighted by Gasteiger charge is -2.26. The first kappa shape index (κ1) is 80.0. The Morgan fingerprint density at radius 3 is 1.21 bits per heavy atom. The lowest BCUT2D eigenvalue weighted by molar-refractivity contribution is 0.0124. The standard InChI is InChI=1S/C25H20Cl2N6OS.C25H23Cl2N5O3S2.C24H18Cl2N6O2S/c1-28-13-5-4-8-18-10-12-21(35-18)24-22(29-2)23(25(34)31-32-14-6-3-7-15-32)30-33(24)20-11-9-17(26)16-19(20)27;1-3-19-23(25(33)30-31-12-14-37(34,35)15-13-31)29-32(21-9-7-17(26)16-20(21)27)24(19)22-10-8-18(36-22)6-4-5-11-28-2;1-27-10-4-3-5-17-7-9-20(35-17)23-21(28-2)22(24(33)30-31-11-13-34-14-12-31)29-32(23)19-8-6-16(25)15-18(19)26/h9-12,16H,3,5-7,13-15H2,(H,31,34);7-10,16H,3,5,11-15H2,1H3,(H,30,33);6-9,15H,4,10-14H2,(H,30,33). The van der Waals surface area contributed by atoms with Crippen LogP contribution in [-0.4, -0.2) is 154 Å². The molecule has 9 aromatic rings. The van der Waals surface area contributed by atoms with Gasteiger partial charge in [-0.25, -0.2) is 66.9 Å². The summed E-state index contributed by atoms with van der Waals surface area (Å²) in [4.78, 5) is 61.7. The summed E-state index contributed by atoms with van der Waals surface area (Å²) in [6, 6.07) is 26.2. The van der Waals surface area contributed by atoms with Gasteiger partial charge in [0.05, 0.1) is 126 Å². The molecule has 0 aliphatic carbocycles. The zero-order valence-corrected chi connectivity index (χ0v) is 64.7. The van der Waals surface area contributed by atoms with Gasteiger partial charge in [0.15, 0.2) is 26.9 Å². The van der Waals surface area contributed by atoms with Gasteiger partial charge in [0, 0.05) is 69.7 Å². The molecular weight excluding hydrogens is 1560 g/mol. The van der Waals surface area contributed by atoms with Gasteiger partial charge in [0.1, 0.15) is 0 Å². The van der Waals surface area contributed by atoms with Gasteiger partial charge in [-0.1, -0.05) is 118 Å². The minimum absolute atomic E-state index is 0.00870. The highest BCUT2D eigenvalue weighted by atomic mass is 35.5. The third kappa shape index (κ3) is 20.6. The maximum atomic E-state index is 13.4. The number of benzene rings is 3. The Kier molecular flexibility index (Phi) is 28.7. The Balaban J connectivity index is 0.000000172. The SMILES string of the molecule is [C-]#[N+]CCC#Cc1ccc(-c2c(CC)c(C(=O)NN3CCS(=O)(=O)CC3)nn2-c2ccc(Cl)cc2Cl)s1.[C-]#[N+]CCC#Cc1ccc(-c2c([N+]#[C-])c(C(=O)NN3CCCCC3)nn2-c2ccc(Cl)cc2Cl)s1.[C-]#[N+]CCC#Cc1ccc(-c2c([N+]#[C-])c(C(=O)NN3CCOCC3)nn2-c2ccc(Cl)cc2Cl)s1. The Bertz CT molecular complexity index is 5160. The summed E-state index contributed by atoms with van der Waals surface area (Å²) in [7, 11) is -3.08. The third-order valence-corrected chi connectivity index (χ3v) is 22.3. The predicted octanol–water partition coefficient (Wildman–Crippen LogP) is 15.9. The molecule has 6 aromatic heterocycles. The fourth-order valence-corrected chi connectivity index (χ4v) is 16.4. The van der Waals surface area contributed by atoms with Crippen LogP contribution in [0.5, 0.6) is 0 Å². The molecule has 3 aliphatic heterocycles. The highest BCUT2D eigenvalue weighted by Crippen LogP contribution is 2.44. The number of piperidine rings is 1. The second kappa shape index (κ2) is 38.3. The molecule has 0 bridgehead atoms. The molecule has 3 amide bonds. The van der Waals surface area contributed by atoms with Crippen LogP contribution in [0, 0.1) is 68.4 Å². The molecule has 12 rings (SSSR count). The number of carbonyl (C=O) groups excluding carboxylic acids is 3. The summed E-state index contributed by atoms with van der Waals surface area (Å²) >= 11 is 42.0. The van der Waals surface area contributed by atoms with Gasteiger partial charge in [-0.05, 0) is 110 Å². The van der Waals surface area contributed by atoms with E-state index in [0.29, 0.717) is 135 Å². The quantitative estimate of drug-likeness (QED) is 0.0468. The van der Waals surface area contributed by atoms with Crippen molar-refractivity contribution in [2.75, 3.05) is 83.6 Å². The maximum Gasteiger partial charge on any atom is 0.286 e. The second-order valence-corrected chi connectivity index (χ2v) is 31.4. The molecular formula is C74H61Cl6N17O6S4. The van der Waals surface area contributed by atoms with Gasteiger partial charge in [-0.15, -0.1) is 34.0 Å². The highest BCUT2D eigenvalue weighted by Gasteiger charge is 2.33. The smallest absolute Gasteiger partial charge is 0.286 e. The molecule has 544 valence electrons. The van der Waals surface area contributed by atoms with Gasteiger partial charge < -0.3 is 19.3 Å². The number of nitrogens with zero attached hydrogens (tertiary/aromatic N) is 14. The summed E-state index contributed by atoms with van der Waals surface area (Å²) in [5, 5.41) is 21.4. The van der Waals surface area contributed by atoms with Crippen LogP contribution in [0.15, 0.2) is 91.0 Å². The van der Waals surface area contributed by atoms with Crippen LogP contribution in [0.25, 0.3) is 73.0 Å². The number of hydrogen-bond donors (Lipinski definition) is 3. The number of sulfone groups is 1. The lowest BCUT2D eigenvalue weighted by Crippen LogP contribution is -2.50. The van der Waals surface area contributed by atoms with Crippen LogP contribution in [0.2, 0.25) is 30.1 Å². The number of amides is 3. The molecule has 23 nitrogen and oxygen atoms in total. The molecule has 3 N–H and O–H groups in total. The van der Waals surface area contributed by atoms with Crippen molar-refractivity contribution in [3.8, 4) is 84.3 Å². The summed E-state index contributed by atoms with van der Waals surface area (Å²) in [5.74, 6) is 16.8. The average molecular weight is 1630 g/mol. The number of rotatable bonds is 16. The van der Waals surface area contributed by atoms with Crippen LogP contribution in [0.4, 0.5) is 11.4 Å². The van der Waals surface area contributed by atoms with Gasteiger partial charge >= 0.3 is 0 Å². The topological polar surface area (TPSA) is 216 Å². The van der Waals surface area contributed by atoms with E-state index < -0.39 is 27.6 Å². The molecule has 3 aromatic carbocycles. The number of carbonyl (C=O) groups is 3. The Morgan fingerprint density at radius 1 is 0.486 bits per heavy atom. The van der Waals surface area contributed by atoms with E-state index in [4.69, 9.17) is 107 Å². The highest BCUT2D eigenvalue weighted by molar-refractivity contribution is 7.91. The van der Waals surface area contributed by atoms with Crippen LogP contribution >= 0.6 is 104 Å². The minimum Gasteiger partial charge on any atom is -0.379 e. The van der Waals surface area contributed by atoms with Crippen molar-refractivity contribution in [1.82, 2.24) is 60.6 Å². The van der Waals surface area contributed by atoms with Crippen molar-refractivity contribution < 1.29 is 27.5 Å². The van der Waals surface area contributed by atoms with Crippen molar-refractivity contribution in [2.24, 2.45) is 0 Å². The number of nitrogens with one attached hydrogen (secondary N) is 3. The molecule has 0 saturated carbocycles. The lowest BCUT2D eigenvalue weighted by atomic mass is 10.1. The molecule has 0 radical (unpaired) electrons. The summed E-state index contributed by atoms with van der Waals surface area (Å²) in [6.45, 7) is 43.4. The van der Waals surface area contributed by atoms with Crippen molar-refractivity contribution in [3.05, 3.63) is 215 Å². The van der Waals surface area contributed by atoms with E-state index in [-0.39, 0.29) is 53.1 Å². The molecule has 0 atom stereocenters. The summed E-state index contributed by atoms with van der Waals surface area (Å²) in [5.41, 5.74) is 12.9. The normalized spacial score (nSPS) is 13.9. The van der Waals surface area contributed by atoms with Gasteiger partial charge in [0.2, 0.25) is 31.0 Å². The van der Waals surface area contributed by atoms with E-state index in [0.717, 1.165) is 68.0 Å². The first-order chi connectivity index (χ1) is 51.7. The number of thiophene rings is 3. The van der Waals surface area contributed by atoms with Gasteiger partial charge in [-0.3, -0.25) is 30.7 Å². The fraction of sp³-hybridized carbons (Fsp3) is 0.284. The van der Waals surface area contributed by atoms with Crippen LogP contribution < -0.4 is 16.3 Å². The molecule has 0 spiro atoms. The zero-order valence-electron chi connectivity index (χ0n) is 56.9. The molecule has 107 heavy (non-hydrogen) atoms. The molecule has 9 heterocycles. The number of morpholine rings is 1. The molecule has 0 unspecified atom stereocenters. The first-order valence-corrected chi connectivity index (χ1v) is 39.5. The van der Waals surface area contributed by atoms with Crippen molar-refractivity contribution in [1.29, 1.82) is 0 Å². The van der Waals surface area contributed by atoms with E-state index >= 15 is 0 Å². The molecule has 3 saturated heterocycles. The van der Waals surface area contributed by atoms with E-state index in [2.05, 4.69) is 91.3 Å². The Morgan fingerprint density at radius 2 is 0.841 bits per heavy atom. The number of hydrazine groups is 3. The fourth-order valence-electron chi connectivity index (χ4n) is 11.0. The summed E-state index contributed by atoms with van der Waals surface area (Å²) < 4.78 is 33.5. The second-order valence-electron chi connectivity index (χ2n) is 23.3. The molecule has 3 fully saturated rings. The Labute approximate surface area is 660 Å². The number of aromatic nitrogens is 6. The van der Waals surface area contributed by atoms with Crippen molar-refractivity contribution >= 4 is 143 Å². The van der Waals surface area contributed by atoms with Crippen LogP contribution in [-0.2, 0) is 21.0 Å². The van der Waals surface area contributed by atoms with E-state index in [1.807, 2.05) is 48.3 Å². The zero-order chi connectivity index (χ0) is 76.2. The monoisotopic (exact) mass is 1620 g/mol. The first-order valence-electron chi connectivity index (χ1n) is 33.0. The third-order valence-electron chi connectivity index (χ3n) is 16.0. The largest absolute Gasteiger partial charge is 0.379 e. The Hall–Kier alpha value is -9.54. The van der Waals surface area contributed by atoms with Gasteiger partial charge in [-0.2, -0.15) is 15.3 Å². The molecule has 3 aliphatic rings. The van der Waals surface area contributed by atoms with Crippen molar-refractivity contribution in [2.45, 2.75) is 51.9 Å². The van der Waals surface area contributed by atoms with E-state index in [1.54, 1.807) is 69.3 Å². The predicted molar refractivity (Wildman–Crippen MR) is 422 cm³/mol. The number of ether oxygens (including phenoxy) is 1. The van der Waals surface area contributed by atoms with Crippen molar-refractivity contribution in [3.63, 3.8) is 0 Å².